The Morgan fingerprint density at radius 2 is 1.74 bits per heavy atom. The van der Waals surface area contributed by atoms with Crippen LogP contribution in [0.5, 0.6) is 0 Å². The molecule has 0 saturated carbocycles. The molecule has 0 aliphatic carbocycles. The summed E-state index contributed by atoms with van der Waals surface area (Å²) in [6, 6.07) is 10.0. The predicted octanol–water partition coefficient (Wildman–Crippen LogP) is 3.73. The third-order valence-corrected chi connectivity index (χ3v) is 4.96. The zero-order valence-electron chi connectivity index (χ0n) is 15.9. The minimum absolute atomic E-state index is 0.0996. The number of nitrogens with zero attached hydrogens (tertiary/aromatic N) is 2. The van der Waals surface area contributed by atoms with Gasteiger partial charge in [-0.05, 0) is 49.1 Å². The van der Waals surface area contributed by atoms with Gasteiger partial charge in [-0.1, -0.05) is 24.3 Å². The summed E-state index contributed by atoms with van der Waals surface area (Å²) in [5.74, 6) is -0.552. The van der Waals surface area contributed by atoms with Crippen LogP contribution in [0.25, 0.3) is 0 Å². The second-order valence-electron chi connectivity index (χ2n) is 6.78. The topological polar surface area (TPSA) is 36.9 Å². The Labute approximate surface area is 158 Å². The molecule has 6 heteroatoms. The number of nitrogens with one attached hydrogen (secondary N) is 1. The zero-order chi connectivity index (χ0) is 19.4. The van der Waals surface area contributed by atoms with E-state index in [9.17, 15) is 8.78 Å². The first-order valence-corrected chi connectivity index (χ1v) is 9.10. The lowest BCUT2D eigenvalue weighted by molar-refractivity contribution is -0.0713. The van der Waals surface area contributed by atoms with Crippen molar-refractivity contribution in [1.29, 1.82) is 0 Å². The van der Waals surface area contributed by atoms with E-state index in [2.05, 4.69) is 10.3 Å². The largest absolute Gasteiger partial charge is 0.353 e. The normalized spacial score (nSPS) is 14.6. The summed E-state index contributed by atoms with van der Waals surface area (Å²) in [5, 5.41) is 4.85. The van der Waals surface area contributed by atoms with E-state index in [4.69, 9.17) is 4.84 Å². The third-order valence-electron chi connectivity index (χ3n) is 4.96. The van der Waals surface area contributed by atoms with E-state index >= 15 is 0 Å². The number of rotatable bonds is 6. The van der Waals surface area contributed by atoms with Crippen LogP contribution in [0, 0.1) is 25.5 Å². The Morgan fingerprint density at radius 1 is 1.11 bits per heavy atom. The van der Waals surface area contributed by atoms with Crippen molar-refractivity contribution in [2.24, 2.45) is 4.99 Å². The van der Waals surface area contributed by atoms with Crippen LogP contribution in [0.2, 0.25) is 0 Å². The monoisotopic (exact) mass is 373 g/mol. The summed E-state index contributed by atoms with van der Waals surface area (Å²) in [6.07, 6.45) is 0.233. The van der Waals surface area contributed by atoms with Crippen LogP contribution in [0.3, 0.4) is 0 Å². The Kier molecular flexibility index (Phi) is 6.06. The highest BCUT2D eigenvalue weighted by Crippen LogP contribution is 2.30. The van der Waals surface area contributed by atoms with Crippen LogP contribution >= 0.6 is 0 Å². The summed E-state index contributed by atoms with van der Waals surface area (Å²) in [7, 11) is 1.58. The van der Waals surface area contributed by atoms with Crippen LogP contribution < -0.4 is 5.32 Å². The molecule has 0 aromatic heterocycles. The molecule has 0 radical (unpaired) electrons. The van der Waals surface area contributed by atoms with Gasteiger partial charge in [-0.3, -0.25) is 4.84 Å². The predicted molar refractivity (Wildman–Crippen MR) is 103 cm³/mol. The van der Waals surface area contributed by atoms with Gasteiger partial charge in [0, 0.05) is 18.0 Å². The van der Waals surface area contributed by atoms with Crippen molar-refractivity contribution in [3.8, 4) is 0 Å². The molecule has 0 saturated heterocycles. The summed E-state index contributed by atoms with van der Waals surface area (Å²) in [6.45, 7) is 5.92. The Balaban J connectivity index is 1.98. The van der Waals surface area contributed by atoms with Gasteiger partial charge >= 0.3 is 0 Å². The van der Waals surface area contributed by atoms with Gasteiger partial charge in [0.1, 0.15) is 11.6 Å². The van der Waals surface area contributed by atoms with Crippen LogP contribution in [0.4, 0.5) is 8.78 Å². The fourth-order valence-electron chi connectivity index (χ4n) is 3.70. The minimum Gasteiger partial charge on any atom is -0.353 e. The highest BCUT2D eigenvalue weighted by atomic mass is 19.1. The van der Waals surface area contributed by atoms with Gasteiger partial charge in [0.05, 0.1) is 20.2 Å². The van der Waals surface area contributed by atoms with Crippen LogP contribution in [0.1, 0.15) is 28.2 Å². The average molecular weight is 373 g/mol. The average Bonchev–Trinajstić information content (AvgIpc) is 3.16. The van der Waals surface area contributed by atoms with Crippen molar-refractivity contribution in [2.75, 3.05) is 26.7 Å². The SMILES string of the molecule is CON(CC(Cc1c(F)cccc1F)c1c(C)cccc1C)C1=NCCN1. The maximum atomic E-state index is 14.3. The van der Waals surface area contributed by atoms with Gasteiger partial charge in [0.25, 0.3) is 0 Å². The molecule has 1 unspecified atom stereocenters. The molecule has 1 heterocycles. The molecule has 144 valence electrons. The van der Waals surface area contributed by atoms with Crippen molar-refractivity contribution in [3.05, 3.63) is 70.3 Å². The molecule has 0 fully saturated rings. The lowest BCUT2D eigenvalue weighted by Crippen LogP contribution is -2.41. The van der Waals surface area contributed by atoms with E-state index < -0.39 is 11.6 Å². The molecular formula is C21H25F2N3O. The minimum atomic E-state index is -0.522. The summed E-state index contributed by atoms with van der Waals surface area (Å²) in [4.78, 5) is 9.92. The number of guanidine groups is 1. The first-order valence-electron chi connectivity index (χ1n) is 9.10. The van der Waals surface area contributed by atoms with E-state index in [-0.39, 0.29) is 17.9 Å². The van der Waals surface area contributed by atoms with Crippen molar-refractivity contribution in [2.45, 2.75) is 26.2 Å². The van der Waals surface area contributed by atoms with Gasteiger partial charge in [-0.2, -0.15) is 0 Å². The summed E-state index contributed by atoms with van der Waals surface area (Å²) < 4.78 is 28.7. The fourth-order valence-corrected chi connectivity index (χ4v) is 3.70. The van der Waals surface area contributed by atoms with Gasteiger partial charge in [-0.25, -0.2) is 18.8 Å². The van der Waals surface area contributed by atoms with Crippen LogP contribution in [0.15, 0.2) is 41.4 Å². The number of halogens is 2. The maximum absolute atomic E-state index is 14.3. The van der Waals surface area contributed by atoms with Crippen LogP contribution in [-0.2, 0) is 11.3 Å². The summed E-state index contributed by atoms with van der Waals surface area (Å²) >= 11 is 0. The number of hydroxylamine groups is 2. The van der Waals surface area contributed by atoms with Crippen LogP contribution in [-0.4, -0.2) is 37.8 Å². The van der Waals surface area contributed by atoms with E-state index in [1.54, 1.807) is 12.2 Å². The molecule has 1 atom stereocenters. The van der Waals surface area contributed by atoms with Crippen molar-refractivity contribution in [1.82, 2.24) is 10.4 Å². The molecule has 2 aromatic rings. The van der Waals surface area contributed by atoms with Crippen molar-refractivity contribution < 1.29 is 13.6 Å². The highest BCUT2D eigenvalue weighted by Gasteiger charge is 2.25. The molecule has 4 nitrogen and oxygen atoms in total. The van der Waals surface area contributed by atoms with Gasteiger partial charge in [0.15, 0.2) is 0 Å². The molecule has 2 aromatic carbocycles. The van der Waals surface area contributed by atoms with E-state index in [1.807, 2.05) is 32.0 Å². The first-order chi connectivity index (χ1) is 13.0. The first kappa shape index (κ1) is 19.3. The lowest BCUT2D eigenvalue weighted by atomic mass is 9.86. The second kappa shape index (κ2) is 8.48. The summed E-state index contributed by atoms with van der Waals surface area (Å²) in [5.41, 5.74) is 3.37. The van der Waals surface area contributed by atoms with E-state index in [1.165, 1.54) is 18.2 Å². The van der Waals surface area contributed by atoms with Crippen molar-refractivity contribution in [3.63, 3.8) is 0 Å². The number of benzene rings is 2. The van der Waals surface area contributed by atoms with Gasteiger partial charge in [0.2, 0.25) is 5.96 Å². The zero-order valence-corrected chi connectivity index (χ0v) is 15.9. The second-order valence-corrected chi connectivity index (χ2v) is 6.78. The van der Waals surface area contributed by atoms with Gasteiger partial charge in [-0.15, -0.1) is 0 Å². The quantitative estimate of drug-likeness (QED) is 0.784. The van der Waals surface area contributed by atoms with E-state index in [0.717, 1.165) is 23.2 Å². The standard InChI is InChI=1S/C21H25F2N3O/c1-14-6-4-7-15(2)20(14)16(12-17-18(22)8-5-9-19(17)23)13-26(27-3)21-24-10-11-25-21/h4-9,16H,10-13H2,1-3H3,(H,24,25). The molecule has 0 bridgehead atoms. The number of hydrogen-bond donors (Lipinski definition) is 1. The Morgan fingerprint density at radius 3 is 2.30 bits per heavy atom. The lowest BCUT2D eigenvalue weighted by Gasteiger charge is -2.29. The fraction of sp³-hybridized carbons (Fsp3) is 0.381. The van der Waals surface area contributed by atoms with Crippen molar-refractivity contribution >= 4 is 5.96 Å². The number of aliphatic imine (C=N–C) groups is 1. The molecule has 1 aliphatic rings. The molecule has 1 N–H and O–H groups in total. The molecule has 0 amide bonds. The Bertz CT molecular complexity index is 798. The third kappa shape index (κ3) is 4.27. The smallest absolute Gasteiger partial charge is 0.218 e. The maximum Gasteiger partial charge on any atom is 0.218 e. The number of hydrogen-bond acceptors (Lipinski definition) is 4. The molecule has 3 rings (SSSR count). The molecule has 0 spiro atoms. The number of aryl methyl sites for hydroxylation is 2. The highest BCUT2D eigenvalue weighted by molar-refractivity contribution is 5.80. The molecule has 1 aliphatic heterocycles. The van der Waals surface area contributed by atoms with Gasteiger partial charge < -0.3 is 5.32 Å². The molecular weight excluding hydrogens is 348 g/mol. The van der Waals surface area contributed by atoms with E-state index in [0.29, 0.717) is 19.0 Å². The molecule has 27 heavy (non-hydrogen) atoms. The Hall–Kier alpha value is -2.47.